The van der Waals surface area contributed by atoms with Crippen molar-refractivity contribution >= 4 is 5.95 Å². The smallest absolute Gasteiger partial charge is 0.323 e. The molecule has 0 aliphatic rings. The van der Waals surface area contributed by atoms with Gasteiger partial charge in [-0.05, 0) is 6.42 Å². The van der Waals surface area contributed by atoms with Crippen molar-refractivity contribution in [1.29, 1.82) is 0 Å². The van der Waals surface area contributed by atoms with Crippen LogP contribution in [0.3, 0.4) is 0 Å². The van der Waals surface area contributed by atoms with Crippen molar-refractivity contribution in [1.82, 2.24) is 24.5 Å². The largest absolute Gasteiger partial charge is 0.463 e. The van der Waals surface area contributed by atoms with Crippen LogP contribution in [0.1, 0.15) is 26.1 Å². The van der Waals surface area contributed by atoms with E-state index in [1.807, 2.05) is 13.8 Å². The summed E-state index contributed by atoms with van der Waals surface area (Å²) in [5.74, 6) is 6.90. The maximum absolute atomic E-state index is 5.42. The van der Waals surface area contributed by atoms with Crippen molar-refractivity contribution in [2.45, 2.75) is 26.7 Å². The van der Waals surface area contributed by atoms with Gasteiger partial charge < -0.3 is 4.74 Å². The van der Waals surface area contributed by atoms with E-state index >= 15 is 0 Å². The number of hydrogen-bond acceptors (Lipinski definition) is 7. The van der Waals surface area contributed by atoms with Crippen molar-refractivity contribution in [3.63, 3.8) is 0 Å². The van der Waals surface area contributed by atoms with Gasteiger partial charge in [-0.1, -0.05) is 13.8 Å². The van der Waals surface area contributed by atoms with Crippen molar-refractivity contribution in [3.05, 3.63) is 18.2 Å². The van der Waals surface area contributed by atoms with Crippen molar-refractivity contribution in [3.8, 4) is 12.0 Å². The van der Waals surface area contributed by atoms with Crippen LogP contribution in [-0.4, -0.2) is 31.1 Å². The molecule has 3 N–H and O–H groups in total. The zero-order chi connectivity index (χ0) is 13.7. The van der Waals surface area contributed by atoms with Crippen LogP contribution in [0.25, 0.3) is 5.95 Å². The fraction of sp³-hybridized carbons (Fsp3) is 0.455. The molecule has 0 saturated carbocycles. The van der Waals surface area contributed by atoms with Gasteiger partial charge in [-0.25, -0.2) is 10.8 Å². The molecule has 8 heteroatoms. The van der Waals surface area contributed by atoms with Gasteiger partial charge in [0.15, 0.2) is 0 Å². The number of ether oxygens (including phenoxy) is 1. The van der Waals surface area contributed by atoms with Crippen LogP contribution in [0.2, 0.25) is 0 Å². The summed E-state index contributed by atoms with van der Waals surface area (Å²) in [6, 6.07) is 0.246. The van der Waals surface area contributed by atoms with Gasteiger partial charge in [-0.15, -0.1) is 0 Å². The molecule has 0 unspecified atom stereocenters. The standard InChI is InChI=1S/C11H17N7O/c1-3-7-19-11-15-9(17-12)14-10(16-11)18-6-5-13-8(18)4-2/h5-6H,3-4,7,12H2,1-2H3,(H,14,15,16,17). The van der Waals surface area contributed by atoms with Crippen LogP contribution >= 0.6 is 0 Å². The quantitative estimate of drug-likeness (QED) is 0.583. The average Bonchev–Trinajstić information content (AvgIpc) is 2.93. The van der Waals surface area contributed by atoms with Gasteiger partial charge in [-0.2, -0.15) is 15.0 Å². The second kappa shape index (κ2) is 6.10. The minimum absolute atomic E-state index is 0.246. The molecule has 2 heterocycles. The number of hydrogen-bond donors (Lipinski definition) is 2. The Morgan fingerprint density at radius 3 is 2.84 bits per heavy atom. The number of aromatic nitrogens is 5. The minimum Gasteiger partial charge on any atom is -0.463 e. The van der Waals surface area contributed by atoms with Crippen LogP contribution in [0.15, 0.2) is 12.4 Å². The zero-order valence-electron chi connectivity index (χ0n) is 11.0. The predicted octanol–water partition coefficient (Wildman–Crippen LogP) is 0.694. The lowest BCUT2D eigenvalue weighted by Crippen LogP contribution is -2.15. The number of rotatable bonds is 6. The second-order valence-corrected chi connectivity index (χ2v) is 3.80. The Bertz CT molecular complexity index is 540. The van der Waals surface area contributed by atoms with E-state index < -0.39 is 0 Å². The summed E-state index contributed by atoms with van der Waals surface area (Å²) < 4.78 is 7.20. The van der Waals surface area contributed by atoms with Crippen LogP contribution in [0.4, 0.5) is 5.95 Å². The summed E-state index contributed by atoms with van der Waals surface area (Å²) in [4.78, 5) is 16.7. The summed E-state index contributed by atoms with van der Waals surface area (Å²) in [7, 11) is 0. The third-order valence-electron chi connectivity index (χ3n) is 2.42. The number of nitrogens with two attached hydrogens (primary N) is 1. The molecule has 0 fully saturated rings. The molecule has 0 aliphatic heterocycles. The second-order valence-electron chi connectivity index (χ2n) is 3.80. The maximum Gasteiger partial charge on any atom is 0.323 e. The van der Waals surface area contributed by atoms with Crippen molar-refractivity contribution in [2.75, 3.05) is 12.0 Å². The Hall–Kier alpha value is -2.22. The van der Waals surface area contributed by atoms with E-state index in [4.69, 9.17) is 10.6 Å². The lowest BCUT2D eigenvalue weighted by molar-refractivity contribution is 0.291. The topological polar surface area (TPSA) is 104 Å². The zero-order valence-corrected chi connectivity index (χ0v) is 11.0. The third kappa shape index (κ3) is 2.97. The Balaban J connectivity index is 2.38. The molecule has 2 rings (SSSR count). The monoisotopic (exact) mass is 263 g/mol. The average molecular weight is 263 g/mol. The highest BCUT2D eigenvalue weighted by atomic mass is 16.5. The van der Waals surface area contributed by atoms with E-state index in [2.05, 4.69) is 25.4 Å². The number of nitrogen functional groups attached to an aromatic ring is 1. The van der Waals surface area contributed by atoms with Gasteiger partial charge in [0.05, 0.1) is 6.61 Å². The van der Waals surface area contributed by atoms with Gasteiger partial charge >= 0.3 is 6.01 Å². The molecule has 0 saturated heterocycles. The van der Waals surface area contributed by atoms with Crippen molar-refractivity contribution in [2.24, 2.45) is 5.84 Å². The van der Waals surface area contributed by atoms with Gasteiger partial charge in [0, 0.05) is 18.8 Å². The van der Waals surface area contributed by atoms with Crippen molar-refractivity contribution < 1.29 is 4.74 Å². The Kier molecular flexibility index (Phi) is 4.24. The van der Waals surface area contributed by atoms with E-state index in [1.165, 1.54) is 0 Å². The number of hydrazine groups is 1. The third-order valence-corrected chi connectivity index (χ3v) is 2.42. The SMILES string of the molecule is CCCOc1nc(NN)nc(-n2ccnc2CC)n1. The number of nitrogens with zero attached hydrogens (tertiary/aromatic N) is 5. The van der Waals surface area contributed by atoms with E-state index in [0.717, 1.165) is 18.7 Å². The predicted molar refractivity (Wildman–Crippen MR) is 69.9 cm³/mol. The molecule has 2 aromatic rings. The summed E-state index contributed by atoms with van der Waals surface area (Å²) in [5.41, 5.74) is 2.41. The molecule has 8 nitrogen and oxygen atoms in total. The van der Waals surface area contributed by atoms with E-state index in [9.17, 15) is 0 Å². The lowest BCUT2D eigenvalue weighted by Gasteiger charge is -2.09. The molecular weight excluding hydrogens is 246 g/mol. The number of anilines is 1. The van der Waals surface area contributed by atoms with E-state index in [1.54, 1.807) is 17.0 Å². The first kappa shape index (κ1) is 13.2. The Morgan fingerprint density at radius 1 is 1.32 bits per heavy atom. The molecule has 19 heavy (non-hydrogen) atoms. The van der Waals surface area contributed by atoms with Crippen LogP contribution in [-0.2, 0) is 6.42 Å². The minimum atomic E-state index is 0.246. The summed E-state index contributed by atoms with van der Waals surface area (Å²) in [6.07, 6.45) is 5.13. The number of imidazole rings is 1. The van der Waals surface area contributed by atoms with Gasteiger partial charge in [0.25, 0.3) is 0 Å². The molecule has 0 spiro atoms. The number of aryl methyl sites for hydroxylation is 1. The Labute approximate surface area is 111 Å². The lowest BCUT2D eigenvalue weighted by atomic mass is 10.4. The van der Waals surface area contributed by atoms with E-state index in [0.29, 0.717) is 12.6 Å². The normalized spacial score (nSPS) is 10.5. The molecule has 0 bridgehead atoms. The van der Waals surface area contributed by atoms with Gasteiger partial charge in [0.2, 0.25) is 11.9 Å². The molecule has 0 atom stereocenters. The number of nitrogens with one attached hydrogen (secondary N) is 1. The summed E-state index contributed by atoms with van der Waals surface area (Å²) in [6.45, 7) is 4.56. The fourth-order valence-corrected chi connectivity index (χ4v) is 1.55. The van der Waals surface area contributed by atoms with Crippen LogP contribution in [0, 0.1) is 0 Å². The summed E-state index contributed by atoms with van der Waals surface area (Å²) >= 11 is 0. The van der Waals surface area contributed by atoms with Gasteiger partial charge in [0.1, 0.15) is 5.82 Å². The first-order valence-corrected chi connectivity index (χ1v) is 6.16. The Morgan fingerprint density at radius 2 is 2.16 bits per heavy atom. The van der Waals surface area contributed by atoms with Gasteiger partial charge in [-0.3, -0.25) is 9.99 Å². The first-order valence-electron chi connectivity index (χ1n) is 6.16. The highest BCUT2D eigenvalue weighted by molar-refractivity contribution is 5.29. The molecule has 2 aromatic heterocycles. The molecule has 0 radical (unpaired) electrons. The van der Waals surface area contributed by atoms with Crippen LogP contribution < -0.4 is 16.0 Å². The molecule has 0 aliphatic carbocycles. The molecule has 0 aromatic carbocycles. The first-order chi connectivity index (χ1) is 9.28. The molecule has 102 valence electrons. The fourth-order valence-electron chi connectivity index (χ4n) is 1.55. The maximum atomic E-state index is 5.42. The van der Waals surface area contributed by atoms with E-state index in [-0.39, 0.29) is 12.0 Å². The highest BCUT2D eigenvalue weighted by Gasteiger charge is 2.11. The highest BCUT2D eigenvalue weighted by Crippen LogP contribution is 2.12. The van der Waals surface area contributed by atoms with Crippen LogP contribution in [0.5, 0.6) is 6.01 Å². The summed E-state index contributed by atoms with van der Waals surface area (Å²) in [5, 5.41) is 0. The molecule has 0 amide bonds. The molecular formula is C11H17N7O.